The van der Waals surface area contributed by atoms with Crippen molar-refractivity contribution in [1.29, 1.82) is 0 Å². The number of rotatable bonds is 43. The van der Waals surface area contributed by atoms with Gasteiger partial charge < -0.3 is 14.4 Å². The third-order valence-electron chi connectivity index (χ3n) is 12.1. The summed E-state index contributed by atoms with van der Waals surface area (Å²) >= 11 is 0. The van der Waals surface area contributed by atoms with Crippen LogP contribution in [-0.4, -0.2) is 49.7 Å². The Morgan fingerprint density at radius 1 is 0.444 bits per heavy atom. The Labute approximate surface area is 338 Å². The van der Waals surface area contributed by atoms with Crippen molar-refractivity contribution in [3.05, 3.63) is 0 Å². The van der Waals surface area contributed by atoms with E-state index in [0.29, 0.717) is 37.9 Å². The number of hydrogen-bond acceptors (Lipinski definition) is 5. The van der Waals surface area contributed by atoms with Crippen molar-refractivity contribution >= 4 is 11.9 Å². The molecule has 0 aliphatic heterocycles. The Hall–Kier alpha value is -1.10. The molecular formula is C49H95NO4. The molecule has 1 rings (SSSR count). The van der Waals surface area contributed by atoms with Crippen molar-refractivity contribution in [2.45, 2.75) is 252 Å². The van der Waals surface area contributed by atoms with Crippen molar-refractivity contribution in [1.82, 2.24) is 4.90 Å². The van der Waals surface area contributed by atoms with Gasteiger partial charge in [-0.1, -0.05) is 182 Å². The van der Waals surface area contributed by atoms with E-state index in [4.69, 9.17) is 9.47 Å². The largest absolute Gasteiger partial charge is 0.465 e. The molecule has 0 N–H and O–H groups in total. The zero-order valence-corrected chi connectivity index (χ0v) is 37.1. The molecule has 0 heterocycles. The Bertz CT molecular complexity index is 756. The Kier molecular flexibility index (Phi) is 36.5. The molecule has 0 bridgehead atoms. The summed E-state index contributed by atoms with van der Waals surface area (Å²) < 4.78 is 11.7. The molecule has 5 nitrogen and oxygen atoms in total. The topological polar surface area (TPSA) is 55.8 Å². The molecule has 0 saturated heterocycles. The number of esters is 2. The lowest BCUT2D eigenvalue weighted by Gasteiger charge is -2.22. The zero-order valence-electron chi connectivity index (χ0n) is 37.1. The normalized spacial score (nSPS) is 14.1. The Morgan fingerprint density at radius 3 is 1.15 bits per heavy atom. The highest BCUT2D eigenvalue weighted by Crippen LogP contribution is 2.32. The summed E-state index contributed by atoms with van der Waals surface area (Å²) in [6.07, 6.45) is 42.8. The summed E-state index contributed by atoms with van der Waals surface area (Å²) in [6.45, 7) is 13.8. The highest BCUT2D eigenvalue weighted by Gasteiger charge is 2.22. The summed E-state index contributed by atoms with van der Waals surface area (Å²) in [6, 6.07) is 0. The highest BCUT2D eigenvalue weighted by atomic mass is 16.5. The second-order valence-electron chi connectivity index (χ2n) is 17.6. The predicted molar refractivity (Wildman–Crippen MR) is 233 cm³/mol. The Morgan fingerprint density at radius 2 is 0.778 bits per heavy atom. The molecule has 1 fully saturated rings. The maximum Gasteiger partial charge on any atom is 0.305 e. The summed E-state index contributed by atoms with van der Waals surface area (Å²) in [4.78, 5) is 28.0. The average molecular weight is 762 g/mol. The Balaban J connectivity index is 2.28. The van der Waals surface area contributed by atoms with Crippen molar-refractivity contribution < 1.29 is 19.1 Å². The first-order valence-corrected chi connectivity index (χ1v) is 24.6. The first-order valence-electron chi connectivity index (χ1n) is 24.6. The molecule has 1 saturated carbocycles. The molecule has 0 amide bonds. The maximum absolute atomic E-state index is 12.7. The minimum Gasteiger partial charge on any atom is -0.465 e. The molecule has 0 aromatic heterocycles. The summed E-state index contributed by atoms with van der Waals surface area (Å²) in [5, 5.41) is 0. The van der Waals surface area contributed by atoms with E-state index in [1.807, 2.05) is 0 Å². The zero-order chi connectivity index (χ0) is 39.2. The molecule has 320 valence electrons. The molecule has 0 aromatic rings. The summed E-state index contributed by atoms with van der Waals surface area (Å²) in [5.41, 5.74) is 0. The van der Waals surface area contributed by atoms with Crippen LogP contribution in [0.25, 0.3) is 0 Å². The quantitative estimate of drug-likeness (QED) is 0.0457. The van der Waals surface area contributed by atoms with E-state index in [1.54, 1.807) is 0 Å². The van der Waals surface area contributed by atoms with Gasteiger partial charge in [0.2, 0.25) is 0 Å². The van der Waals surface area contributed by atoms with E-state index >= 15 is 0 Å². The van der Waals surface area contributed by atoms with E-state index < -0.39 is 0 Å². The van der Waals surface area contributed by atoms with Crippen LogP contribution in [0.5, 0.6) is 0 Å². The van der Waals surface area contributed by atoms with Crippen molar-refractivity contribution in [2.75, 3.05) is 32.8 Å². The predicted octanol–water partition coefficient (Wildman–Crippen LogP) is 15.0. The van der Waals surface area contributed by atoms with Crippen LogP contribution in [0, 0.1) is 17.8 Å². The first kappa shape index (κ1) is 50.9. The molecule has 54 heavy (non-hydrogen) atoms. The fourth-order valence-electron chi connectivity index (χ4n) is 8.00. The summed E-state index contributed by atoms with van der Waals surface area (Å²) in [5.74, 6) is 2.06. The van der Waals surface area contributed by atoms with Gasteiger partial charge in [-0.15, -0.1) is 0 Å². The molecule has 2 unspecified atom stereocenters. The molecular weight excluding hydrogens is 667 g/mol. The van der Waals surface area contributed by atoms with Crippen LogP contribution in [0.3, 0.4) is 0 Å². The van der Waals surface area contributed by atoms with Gasteiger partial charge >= 0.3 is 11.9 Å². The van der Waals surface area contributed by atoms with Gasteiger partial charge in [0.15, 0.2) is 0 Å². The number of carbonyl (C=O) groups is 2. The fourth-order valence-corrected chi connectivity index (χ4v) is 8.00. The minimum absolute atomic E-state index is 0.0147. The van der Waals surface area contributed by atoms with Gasteiger partial charge in [0.05, 0.1) is 13.2 Å². The second kappa shape index (κ2) is 38.8. The second-order valence-corrected chi connectivity index (χ2v) is 17.6. The van der Waals surface area contributed by atoms with E-state index in [0.717, 1.165) is 57.5 Å². The monoisotopic (exact) mass is 762 g/mol. The van der Waals surface area contributed by atoms with Gasteiger partial charge in [0.1, 0.15) is 0 Å². The highest BCUT2D eigenvalue weighted by molar-refractivity contribution is 5.69. The number of ether oxygens (including phenoxy) is 2. The molecule has 2 atom stereocenters. The van der Waals surface area contributed by atoms with Crippen LogP contribution in [0.2, 0.25) is 0 Å². The lowest BCUT2D eigenvalue weighted by atomic mass is 9.95. The van der Waals surface area contributed by atoms with E-state index in [-0.39, 0.29) is 11.9 Å². The molecule has 1 aliphatic rings. The van der Waals surface area contributed by atoms with Gasteiger partial charge in [0, 0.05) is 12.8 Å². The van der Waals surface area contributed by atoms with Gasteiger partial charge in [-0.25, -0.2) is 0 Å². The number of nitrogens with zero attached hydrogens (tertiary/aromatic N) is 1. The first-order chi connectivity index (χ1) is 26.5. The third-order valence-corrected chi connectivity index (χ3v) is 12.1. The molecule has 0 spiro atoms. The van der Waals surface area contributed by atoms with Crippen molar-refractivity contribution in [2.24, 2.45) is 17.8 Å². The fraction of sp³-hybridized carbons (Fsp3) is 0.959. The van der Waals surface area contributed by atoms with Crippen molar-refractivity contribution in [3.63, 3.8) is 0 Å². The van der Waals surface area contributed by atoms with Crippen LogP contribution < -0.4 is 0 Å². The van der Waals surface area contributed by atoms with E-state index in [9.17, 15) is 9.59 Å². The van der Waals surface area contributed by atoms with Gasteiger partial charge in [-0.05, 0) is 95.2 Å². The molecule has 5 heteroatoms. The van der Waals surface area contributed by atoms with Gasteiger partial charge in [-0.2, -0.15) is 0 Å². The van der Waals surface area contributed by atoms with Crippen LogP contribution in [0.4, 0.5) is 0 Å². The number of carbonyl (C=O) groups excluding carboxylic acids is 2. The molecule has 0 aromatic carbocycles. The van der Waals surface area contributed by atoms with Gasteiger partial charge in [-0.3, -0.25) is 9.59 Å². The number of hydrogen-bond donors (Lipinski definition) is 0. The average Bonchev–Trinajstić information content (AvgIpc) is 4.01. The smallest absolute Gasteiger partial charge is 0.305 e. The van der Waals surface area contributed by atoms with Crippen LogP contribution in [0.15, 0.2) is 0 Å². The van der Waals surface area contributed by atoms with E-state index in [1.165, 1.54) is 180 Å². The minimum atomic E-state index is 0.0147. The molecule has 1 aliphatic carbocycles. The van der Waals surface area contributed by atoms with Gasteiger partial charge in [0.25, 0.3) is 0 Å². The van der Waals surface area contributed by atoms with E-state index in [2.05, 4.69) is 32.6 Å². The maximum atomic E-state index is 12.7. The third kappa shape index (κ3) is 34.2. The SMILES string of the molecule is CCCCCCCCC(CCCCCC)COC(=O)CCCCCN(CCCCCC(=O)OCC(CCCCCC)CCCCCCCC)CCC1CC1. The summed E-state index contributed by atoms with van der Waals surface area (Å²) in [7, 11) is 0. The van der Waals surface area contributed by atoms with Crippen LogP contribution in [0.1, 0.15) is 252 Å². The lowest BCUT2D eigenvalue weighted by molar-refractivity contribution is -0.146. The molecule has 0 radical (unpaired) electrons. The lowest BCUT2D eigenvalue weighted by Crippen LogP contribution is -2.27. The van der Waals surface area contributed by atoms with Crippen LogP contribution in [-0.2, 0) is 19.1 Å². The standard InChI is InChI=1S/C49H95NO4/c1-5-9-13-17-19-25-33-46(31-23-15-11-7-3)43-53-48(51)35-27-21-29-40-50(42-39-45-37-38-45)41-30-22-28-36-49(52)54-44-47(32-24-16-12-8-4)34-26-20-18-14-10-6-2/h45-47H,5-44H2,1-4H3. The van der Waals surface area contributed by atoms with Crippen molar-refractivity contribution in [3.8, 4) is 0 Å². The van der Waals surface area contributed by atoms with Crippen LogP contribution >= 0.6 is 0 Å². The number of unbranched alkanes of at least 4 members (excludes halogenated alkanes) is 20.